The van der Waals surface area contributed by atoms with Crippen LogP contribution in [0.2, 0.25) is 0 Å². The van der Waals surface area contributed by atoms with Gasteiger partial charge in [0.25, 0.3) is 0 Å². The van der Waals surface area contributed by atoms with Crippen molar-refractivity contribution in [2.45, 2.75) is 96.8 Å². The molecule has 4 unspecified atom stereocenters. The molecule has 4 rings (SSSR count). The predicted octanol–water partition coefficient (Wildman–Crippen LogP) is 8.88. The topological polar surface area (TPSA) is 26.3 Å². The van der Waals surface area contributed by atoms with Gasteiger partial charge in [-0.15, -0.1) is 0 Å². The van der Waals surface area contributed by atoms with E-state index in [4.69, 9.17) is 4.74 Å². The van der Waals surface area contributed by atoms with Crippen molar-refractivity contribution in [1.82, 2.24) is 0 Å². The minimum absolute atomic E-state index is 0.260. The molecule has 2 saturated carbocycles. The fourth-order valence-electron chi connectivity index (χ4n) is 6.34. The fourth-order valence-corrected chi connectivity index (χ4v) is 6.34. The van der Waals surface area contributed by atoms with E-state index in [1.165, 1.54) is 69.4 Å². The highest BCUT2D eigenvalue weighted by Crippen LogP contribution is 2.48. The van der Waals surface area contributed by atoms with Crippen molar-refractivity contribution < 1.29 is 13.9 Å². The molecule has 0 aliphatic heterocycles. The van der Waals surface area contributed by atoms with E-state index >= 15 is 4.39 Å². The van der Waals surface area contributed by atoms with Crippen molar-refractivity contribution in [3.63, 3.8) is 0 Å². The molecule has 34 heavy (non-hydrogen) atoms. The van der Waals surface area contributed by atoms with Gasteiger partial charge in [-0.1, -0.05) is 70.6 Å². The van der Waals surface area contributed by atoms with Crippen LogP contribution in [-0.2, 0) is 6.42 Å². The lowest BCUT2D eigenvalue weighted by Crippen LogP contribution is -2.30. The van der Waals surface area contributed by atoms with E-state index in [9.17, 15) is 4.79 Å². The number of ether oxygens (including phenoxy) is 1. The maximum Gasteiger partial charge on any atom is 0.343 e. The van der Waals surface area contributed by atoms with Crippen LogP contribution in [0.5, 0.6) is 5.75 Å². The van der Waals surface area contributed by atoms with Gasteiger partial charge in [-0.3, -0.25) is 0 Å². The van der Waals surface area contributed by atoms with Crippen molar-refractivity contribution in [3.05, 3.63) is 65.0 Å². The zero-order valence-corrected chi connectivity index (χ0v) is 21.0. The number of hydrogen-bond donors (Lipinski definition) is 0. The zero-order valence-electron chi connectivity index (χ0n) is 21.0. The van der Waals surface area contributed by atoms with Crippen molar-refractivity contribution >= 4 is 5.97 Å². The summed E-state index contributed by atoms with van der Waals surface area (Å²) >= 11 is 0. The van der Waals surface area contributed by atoms with E-state index < -0.39 is 5.97 Å². The lowest BCUT2D eigenvalue weighted by Gasteiger charge is -2.42. The minimum Gasteiger partial charge on any atom is -0.423 e. The number of carbonyl (C=O) groups is 1. The summed E-state index contributed by atoms with van der Waals surface area (Å²) in [5.41, 5.74) is 2.24. The third kappa shape index (κ3) is 6.29. The van der Waals surface area contributed by atoms with Crippen LogP contribution in [0.3, 0.4) is 0 Å². The summed E-state index contributed by atoms with van der Waals surface area (Å²) < 4.78 is 20.6. The molecule has 2 fully saturated rings. The first-order valence-electron chi connectivity index (χ1n) is 13.7. The summed E-state index contributed by atoms with van der Waals surface area (Å²) in [7, 11) is 0. The van der Waals surface area contributed by atoms with Gasteiger partial charge >= 0.3 is 5.97 Å². The molecule has 2 aromatic carbocycles. The maximum absolute atomic E-state index is 15.1. The van der Waals surface area contributed by atoms with Crippen molar-refractivity contribution in [3.8, 4) is 5.75 Å². The third-order valence-electron chi connectivity index (χ3n) is 8.41. The zero-order chi connectivity index (χ0) is 23.9. The average Bonchev–Trinajstić information content (AvgIpc) is 2.86. The first kappa shape index (κ1) is 24.9. The largest absolute Gasteiger partial charge is 0.423 e. The molecule has 2 nitrogen and oxygen atoms in total. The summed E-state index contributed by atoms with van der Waals surface area (Å²) in [6.07, 6.45) is 15.2. The molecule has 4 atom stereocenters. The quantitative estimate of drug-likeness (QED) is 0.210. The van der Waals surface area contributed by atoms with Gasteiger partial charge in [0.05, 0.1) is 5.56 Å². The molecule has 2 aliphatic carbocycles. The Morgan fingerprint density at radius 3 is 2.41 bits per heavy atom. The van der Waals surface area contributed by atoms with Gasteiger partial charge in [-0.05, 0) is 97.6 Å². The van der Waals surface area contributed by atoms with E-state index in [2.05, 4.69) is 13.8 Å². The first-order valence-corrected chi connectivity index (χ1v) is 13.7. The molecule has 3 heteroatoms. The fraction of sp³-hybridized carbons (Fsp3) is 0.581. The van der Waals surface area contributed by atoms with Crippen molar-refractivity contribution in [2.24, 2.45) is 17.8 Å². The molecular formula is C31H41FO2. The minimum atomic E-state index is -0.504. The number of rotatable bonds is 9. The van der Waals surface area contributed by atoms with E-state index in [1.54, 1.807) is 18.2 Å². The van der Waals surface area contributed by atoms with E-state index in [1.807, 2.05) is 18.2 Å². The second kappa shape index (κ2) is 12.0. The van der Waals surface area contributed by atoms with Gasteiger partial charge < -0.3 is 4.74 Å². The molecular weight excluding hydrogens is 423 g/mol. The van der Waals surface area contributed by atoms with Crippen LogP contribution in [0.1, 0.15) is 112 Å². The Balaban J connectivity index is 1.31. The molecule has 0 bridgehead atoms. The third-order valence-corrected chi connectivity index (χ3v) is 8.41. The summed E-state index contributed by atoms with van der Waals surface area (Å²) in [6, 6.07) is 12.4. The van der Waals surface area contributed by atoms with Crippen molar-refractivity contribution in [1.29, 1.82) is 0 Å². The molecule has 0 saturated heterocycles. The van der Waals surface area contributed by atoms with Crippen LogP contribution in [-0.4, -0.2) is 5.97 Å². The van der Waals surface area contributed by atoms with Gasteiger partial charge in [0.2, 0.25) is 0 Å². The summed E-state index contributed by atoms with van der Waals surface area (Å²) in [5.74, 6) is 2.48. The average molecular weight is 465 g/mol. The van der Waals surface area contributed by atoms with Gasteiger partial charge in [0.15, 0.2) is 0 Å². The Morgan fingerprint density at radius 1 is 0.912 bits per heavy atom. The lowest BCUT2D eigenvalue weighted by atomic mass is 9.63. The molecule has 184 valence electrons. The smallest absolute Gasteiger partial charge is 0.343 e. The Hall–Kier alpha value is -2.16. The predicted molar refractivity (Wildman–Crippen MR) is 137 cm³/mol. The summed E-state index contributed by atoms with van der Waals surface area (Å²) in [6.45, 7) is 4.36. The van der Waals surface area contributed by atoms with Crippen LogP contribution in [0.4, 0.5) is 4.39 Å². The first-order chi connectivity index (χ1) is 16.6. The number of benzene rings is 2. The van der Waals surface area contributed by atoms with Gasteiger partial charge in [-0.2, -0.15) is 0 Å². The molecule has 2 aromatic rings. The molecule has 0 spiro atoms. The summed E-state index contributed by atoms with van der Waals surface area (Å²) in [5, 5.41) is 0. The Bertz CT molecular complexity index is 935. The summed E-state index contributed by atoms with van der Waals surface area (Å²) in [4.78, 5) is 12.5. The Morgan fingerprint density at radius 2 is 1.68 bits per heavy atom. The Kier molecular flexibility index (Phi) is 8.80. The van der Waals surface area contributed by atoms with E-state index in [0.717, 1.165) is 42.6 Å². The highest BCUT2D eigenvalue weighted by molar-refractivity contribution is 5.91. The number of hydrogen-bond acceptors (Lipinski definition) is 2. The van der Waals surface area contributed by atoms with Crippen LogP contribution in [0, 0.1) is 23.6 Å². The number of carbonyl (C=O) groups excluding carboxylic acids is 1. The van der Waals surface area contributed by atoms with Crippen LogP contribution in [0.15, 0.2) is 42.5 Å². The molecule has 2 aliphatic rings. The number of esters is 1. The molecule has 0 amide bonds. The van der Waals surface area contributed by atoms with Crippen LogP contribution in [0.25, 0.3) is 0 Å². The molecule has 0 aromatic heterocycles. The lowest BCUT2D eigenvalue weighted by molar-refractivity contribution is 0.0734. The number of fused-ring (bicyclic) bond motifs is 1. The number of unbranched alkanes of at least 4 members (excludes halogenated alkanes) is 3. The highest BCUT2D eigenvalue weighted by atomic mass is 19.1. The van der Waals surface area contributed by atoms with Gasteiger partial charge in [0, 0.05) is 0 Å². The van der Waals surface area contributed by atoms with E-state index in [-0.39, 0.29) is 17.3 Å². The van der Waals surface area contributed by atoms with Gasteiger partial charge in [0.1, 0.15) is 11.6 Å². The molecule has 0 radical (unpaired) electrons. The van der Waals surface area contributed by atoms with Crippen LogP contribution >= 0.6 is 0 Å². The second-order valence-corrected chi connectivity index (χ2v) is 10.7. The van der Waals surface area contributed by atoms with Crippen LogP contribution < -0.4 is 4.74 Å². The molecule has 0 heterocycles. The van der Waals surface area contributed by atoms with E-state index in [0.29, 0.717) is 5.75 Å². The highest BCUT2D eigenvalue weighted by Gasteiger charge is 2.36. The van der Waals surface area contributed by atoms with Crippen molar-refractivity contribution in [2.75, 3.05) is 0 Å². The Labute approximate surface area is 205 Å². The maximum atomic E-state index is 15.1. The molecule has 0 N–H and O–H groups in total. The SMILES string of the molecule is CCCCCCC1CCC2CC(c3ccc(C(=O)Oc4ccc(CC)cc4)cc3F)CCC2C1. The number of halogens is 1. The number of aryl methyl sites for hydroxylation is 1. The second-order valence-electron chi connectivity index (χ2n) is 10.7. The normalized spacial score (nSPS) is 24.4. The standard InChI is InChI=1S/C31H41FO2/c1-3-5-6-7-8-23-9-12-25-20-26(14-13-24(25)19-23)29-18-15-27(21-30(29)32)31(33)34-28-16-10-22(4-2)11-17-28/h10-11,15-18,21,23-26H,3-9,12-14,19-20H2,1-2H3. The monoisotopic (exact) mass is 464 g/mol. The van der Waals surface area contributed by atoms with Gasteiger partial charge in [-0.25, -0.2) is 9.18 Å².